The Bertz CT molecular complexity index is 670. The number of carbonyl (C=O) groups excluding carboxylic acids is 1. The normalized spacial score (nSPS) is 10.1. The van der Waals surface area contributed by atoms with E-state index < -0.39 is 23.4 Å². The molecule has 104 valence electrons. The number of aromatic carboxylic acids is 1. The standard InChI is InChI=1S/C11H10FN5O3/c1-17-10(13-5-14-17)16-11(20)15-6-2-3-8(12)7(4-6)9(18)19/h2-5H,1H3,(H,18,19)(H2,13,14,15,16,20). The third-order valence-electron chi connectivity index (χ3n) is 2.39. The van der Waals surface area contributed by atoms with E-state index in [0.29, 0.717) is 0 Å². The van der Waals surface area contributed by atoms with Gasteiger partial charge in [0.05, 0.1) is 5.56 Å². The Kier molecular flexibility index (Phi) is 3.60. The van der Waals surface area contributed by atoms with Crippen LogP contribution < -0.4 is 10.6 Å². The van der Waals surface area contributed by atoms with Gasteiger partial charge in [0.2, 0.25) is 5.95 Å². The molecular formula is C11H10FN5O3. The molecule has 20 heavy (non-hydrogen) atoms. The highest BCUT2D eigenvalue weighted by Crippen LogP contribution is 2.15. The van der Waals surface area contributed by atoms with Gasteiger partial charge in [0.1, 0.15) is 12.1 Å². The number of carbonyl (C=O) groups is 2. The van der Waals surface area contributed by atoms with Gasteiger partial charge < -0.3 is 10.4 Å². The molecule has 2 aromatic rings. The topological polar surface area (TPSA) is 109 Å². The van der Waals surface area contributed by atoms with E-state index in [1.54, 1.807) is 7.05 Å². The van der Waals surface area contributed by atoms with Gasteiger partial charge in [-0.3, -0.25) is 5.32 Å². The largest absolute Gasteiger partial charge is 0.478 e. The van der Waals surface area contributed by atoms with Crippen LogP contribution in [0.3, 0.4) is 0 Å². The molecule has 8 nitrogen and oxygen atoms in total. The van der Waals surface area contributed by atoms with Crippen molar-refractivity contribution in [2.75, 3.05) is 10.6 Å². The maximum Gasteiger partial charge on any atom is 0.338 e. The van der Waals surface area contributed by atoms with Gasteiger partial charge in [-0.05, 0) is 18.2 Å². The van der Waals surface area contributed by atoms with E-state index in [2.05, 4.69) is 20.7 Å². The van der Waals surface area contributed by atoms with E-state index in [-0.39, 0.29) is 11.6 Å². The maximum atomic E-state index is 13.2. The molecule has 0 bridgehead atoms. The zero-order valence-electron chi connectivity index (χ0n) is 10.3. The third-order valence-corrected chi connectivity index (χ3v) is 2.39. The molecule has 2 rings (SSSR count). The second-order valence-electron chi connectivity index (χ2n) is 3.79. The van der Waals surface area contributed by atoms with Gasteiger partial charge in [0.25, 0.3) is 0 Å². The minimum Gasteiger partial charge on any atom is -0.478 e. The monoisotopic (exact) mass is 279 g/mol. The average molecular weight is 279 g/mol. The molecule has 0 radical (unpaired) electrons. The Morgan fingerprint density at radius 1 is 1.35 bits per heavy atom. The molecule has 0 atom stereocenters. The van der Waals surface area contributed by atoms with Gasteiger partial charge in [0, 0.05) is 12.7 Å². The summed E-state index contributed by atoms with van der Waals surface area (Å²) in [4.78, 5) is 26.2. The Morgan fingerprint density at radius 3 is 2.70 bits per heavy atom. The van der Waals surface area contributed by atoms with Gasteiger partial charge in [0.15, 0.2) is 0 Å². The van der Waals surface area contributed by atoms with Crippen LogP contribution in [0.4, 0.5) is 20.8 Å². The Morgan fingerprint density at radius 2 is 2.10 bits per heavy atom. The van der Waals surface area contributed by atoms with E-state index in [0.717, 1.165) is 12.1 Å². The van der Waals surface area contributed by atoms with Crippen LogP contribution in [-0.2, 0) is 7.05 Å². The van der Waals surface area contributed by atoms with E-state index in [9.17, 15) is 14.0 Å². The lowest BCUT2D eigenvalue weighted by Crippen LogP contribution is -2.22. The number of hydrogen-bond acceptors (Lipinski definition) is 4. The number of aryl methyl sites for hydroxylation is 1. The second kappa shape index (κ2) is 5.34. The summed E-state index contributed by atoms with van der Waals surface area (Å²) in [7, 11) is 1.59. The van der Waals surface area contributed by atoms with Crippen molar-refractivity contribution < 1.29 is 19.1 Å². The van der Waals surface area contributed by atoms with Crippen molar-refractivity contribution in [2.45, 2.75) is 0 Å². The number of hydrogen-bond donors (Lipinski definition) is 3. The van der Waals surface area contributed by atoms with Crippen molar-refractivity contribution in [1.82, 2.24) is 14.8 Å². The highest BCUT2D eigenvalue weighted by molar-refractivity contribution is 5.99. The van der Waals surface area contributed by atoms with Crippen LogP contribution in [-0.4, -0.2) is 31.9 Å². The van der Waals surface area contributed by atoms with E-state index in [4.69, 9.17) is 5.11 Å². The number of rotatable bonds is 3. The Hall–Kier alpha value is -2.97. The quantitative estimate of drug-likeness (QED) is 0.784. The molecule has 0 aliphatic heterocycles. The number of nitrogens with one attached hydrogen (secondary N) is 2. The molecule has 2 amide bonds. The van der Waals surface area contributed by atoms with Crippen LogP contribution in [0.25, 0.3) is 0 Å². The molecule has 0 unspecified atom stereocenters. The van der Waals surface area contributed by atoms with E-state index >= 15 is 0 Å². The summed E-state index contributed by atoms with van der Waals surface area (Å²) >= 11 is 0. The molecule has 0 fully saturated rings. The summed E-state index contributed by atoms with van der Waals surface area (Å²) < 4.78 is 14.5. The molecule has 1 aromatic carbocycles. The molecule has 0 saturated heterocycles. The lowest BCUT2D eigenvalue weighted by atomic mass is 10.2. The summed E-state index contributed by atoms with van der Waals surface area (Å²) in [5.41, 5.74) is -0.384. The first kappa shape index (κ1) is 13.5. The van der Waals surface area contributed by atoms with Crippen molar-refractivity contribution in [1.29, 1.82) is 0 Å². The molecule has 3 N–H and O–H groups in total. The maximum absolute atomic E-state index is 13.2. The molecule has 1 heterocycles. The number of nitrogens with zero attached hydrogens (tertiary/aromatic N) is 3. The molecular weight excluding hydrogens is 269 g/mol. The fourth-order valence-electron chi connectivity index (χ4n) is 1.44. The highest BCUT2D eigenvalue weighted by atomic mass is 19.1. The van der Waals surface area contributed by atoms with Crippen molar-refractivity contribution >= 4 is 23.6 Å². The SMILES string of the molecule is Cn1ncnc1NC(=O)Nc1ccc(F)c(C(=O)O)c1. The van der Waals surface area contributed by atoms with Crippen LogP contribution in [0.15, 0.2) is 24.5 Å². The number of carboxylic acids is 1. The Balaban J connectivity index is 2.10. The number of aromatic nitrogens is 3. The summed E-state index contributed by atoms with van der Waals surface area (Å²) in [6, 6.07) is 2.58. The van der Waals surface area contributed by atoms with Crippen molar-refractivity contribution in [3.05, 3.63) is 35.9 Å². The number of carboxylic acid groups (broad SMARTS) is 1. The minimum absolute atomic E-state index is 0.142. The molecule has 0 saturated carbocycles. The van der Waals surface area contributed by atoms with Gasteiger partial charge in [-0.15, -0.1) is 0 Å². The van der Waals surface area contributed by atoms with Crippen molar-refractivity contribution in [2.24, 2.45) is 7.05 Å². The fourth-order valence-corrected chi connectivity index (χ4v) is 1.44. The minimum atomic E-state index is -1.42. The fraction of sp³-hybridized carbons (Fsp3) is 0.0909. The number of benzene rings is 1. The number of halogens is 1. The van der Waals surface area contributed by atoms with Crippen LogP contribution in [0.1, 0.15) is 10.4 Å². The van der Waals surface area contributed by atoms with Gasteiger partial charge in [-0.2, -0.15) is 10.1 Å². The predicted molar refractivity (Wildman–Crippen MR) is 67.0 cm³/mol. The van der Waals surface area contributed by atoms with Gasteiger partial charge in [-0.1, -0.05) is 0 Å². The molecule has 0 spiro atoms. The van der Waals surface area contributed by atoms with Gasteiger partial charge in [-0.25, -0.2) is 18.7 Å². The summed E-state index contributed by atoms with van der Waals surface area (Å²) in [6.07, 6.45) is 1.26. The lowest BCUT2D eigenvalue weighted by molar-refractivity contribution is 0.0692. The molecule has 1 aromatic heterocycles. The summed E-state index contributed by atoms with van der Waals surface area (Å²) in [5, 5.41) is 17.3. The van der Waals surface area contributed by atoms with E-state index in [1.807, 2.05) is 0 Å². The van der Waals surface area contributed by atoms with Crippen molar-refractivity contribution in [3.63, 3.8) is 0 Å². The smallest absolute Gasteiger partial charge is 0.338 e. The lowest BCUT2D eigenvalue weighted by Gasteiger charge is -2.07. The number of anilines is 2. The molecule has 0 aliphatic rings. The zero-order valence-corrected chi connectivity index (χ0v) is 10.3. The third kappa shape index (κ3) is 2.88. The van der Waals surface area contributed by atoms with Crippen LogP contribution in [0, 0.1) is 5.82 Å². The second-order valence-corrected chi connectivity index (χ2v) is 3.79. The Labute approximate surface area is 112 Å². The summed E-state index contributed by atoms with van der Waals surface area (Å²) in [6.45, 7) is 0. The first-order valence-corrected chi connectivity index (χ1v) is 5.42. The number of amides is 2. The summed E-state index contributed by atoms with van der Waals surface area (Å²) in [5.74, 6) is -2.08. The number of urea groups is 1. The predicted octanol–water partition coefficient (Wildman–Crippen LogP) is 1.30. The first-order chi connectivity index (χ1) is 9.47. The van der Waals surface area contributed by atoms with Gasteiger partial charge >= 0.3 is 12.0 Å². The first-order valence-electron chi connectivity index (χ1n) is 5.42. The van der Waals surface area contributed by atoms with Crippen LogP contribution in [0.5, 0.6) is 0 Å². The van der Waals surface area contributed by atoms with Crippen molar-refractivity contribution in [3.8, 4) is 0 Å². The zero-order chi connectivity index (χ0) is 14.7. The average Bonchev–Trinajstić information content (AvgIpc) is 2.77. The van der Waals surface area contributed by atoms with Crippen LogP contribution >= 0.6 is 0 Å². The highest BCUT2D eigenvalue weighted by Gasteiger charge is 2.12. The molecule has 0 aliphatic carbocycles. The van der Waals surface area contributed by atoms with Crippen LogP contribution in [0.2, 0.25) is 0 Å². The molecule has 9 heteroatoms. The van der Waals surface area contributed by atoms with E-state index in [1.165, 1.54) is 17.1 Å².